The second-order valence-corrected chi connectivity index (χ2v) is 6.44. The molecule has 4 nitrogen and oxygen atoms in total. The standard InChI is InChI=1S/C15H26N2O2/c16-12-11-8-5-9-19-14(11)13(12)17-15(18)10-6-3-1-2-4-7-10/h10-14H,1-9,16H2,(H,17,18). The highest BCUT2D eigenvalue weighted by atomic mass is 16.5. The smallest absolute Gasteiger partial charge is 0.223 e. The fourth-order valence-corrected chi connectivity index (χ4v) is 3.95. The Balaban J connectivity index is 1.54. The molecule has 1 aliphatic heterocycles. The normalized spacial score (nSPS) is 39.8. The average molecular weight is 266 g/mol. The first-order valence-corrected chi connectivity index (χ1v) is 7.95. The van der Waals surface area contributed by atoms with E-state index in [1.54, 1.807) is 0 Å². The average Bonchev–Trinajstić information content (AvgIpc) is 2.73. The van der Waals surface area contributed by atoms with Gasteiger partial charge in [0.05, 0.1) is 12.1 Å². The summed E-state index contributed by atoms with van der Waals surface area (Å²) in [5, 5.41) is 3.17. The molecule has 4 heteroatoms. The number of hydrogen-bond acceptors (Lipinski definition) is 3. The molecule has 0 spiro atoms. The van der Waals surface area contributed by atoms with Crippen LogP contribution in [-0.2, 0) is 9.53 Å². The maximum Gasteiger partial charge on any atom is 0.223 e. The second-order valence-electron chi connectivity index (χ2n) is 6.44. The van der Waals surface area contributed by atoms with Crippen LogP contribution in [0.15, 0.2) is 0 Å². The summed E-state index contributed by atoms with van der Waals surface area (Å²) in [5.41, 5.74) is 6.19. The Kier molecular flexibility index (Phi) is 4.08. The van der Waals surface area contributed by atoms with Crippen LogP contribution in [0.4, 0.5) is 0 Å². The molecule has 19 heavy (non-hydrogen) atoms. The van der Waals surface area contributed by atoms with Gasteiger partial charge in [-0.15, -0.1) is 0 Å². The minimum Gasteiger partial charge on any atom is -0.376 e. The van der Waals surface area contributed by atoms with Crippen molar-refractivity contribution in [2.24, 2.45) is 17.6 Å². The third-order valence-corrected chi connectivity index (χ3v) is 5.21. The van der Waals surface area contributed by atoms with E-state index in [-0.39, 0.29) is 30.0 Å². The van der Waals surface area contributed by atoms with Gasteiger partial charge in [0, 0.05) is 24.5 Å². The molecule has 108 valence electrons. The highest BCUT2D eigenvalue weighted by Crippen LogP contribution is 2.37. The van der Waals surface area contributed by atoms with E-state index < -0.39 is 0 Å². The van der Waals surface area contributed by atoms with Crippen LogP contribution in [0.2, 0.25) is 0 Å². The van der Waals surface area contributed by atoms with Crippen LogP contribution in [0, 0.1) is 11.8 Å². The van der Waals surface area contributed by atoms with Crippen LogP contribution < -0.4 is 11.1 Å². The van der Waals surface area contributed by atoms with E-state index in [1.165, 1.54) is 25.7 Å². The molecule has 1 saturated heterocycles. The van der Waals surface area contributed by atoms with E-state index in [4.69, 9.17) is 10.5 Å². The molecule has 3 rings (SSSR count). The number of amides is 1. The lowest BCUT2D eigenvalue weighted by molar-refractivity contribution is -0.142. The molecule has 3 fully saturated rings. The number of hydrogen-bond donors (Lipinski definition) is 2. The van der Waals surface area contributed by atoms with Crippen LogP contribution in [0.25, 0.3) is 0 Å². The molecular weight excluding hydrogens is 240 g/mol. The fraction of sp³-hybridized carbons (Fsp3) is 0.933. The molecule has 2 saturated carbocycles. The molecule has 0 bridgehead atoms. The number of ether oxygens (including phenoxy) is 1. The van der Waals surface area contributed by atoms with Gasteiger partial charge >= 0.3 is 0 Å². The topological polar surface area (TPSA) is 64.3 Å². The predicted molar refractivity (Wildman–Crippen MR) is 73.6 cm³/mol. The number of carbonyl (C=O) groups is 1. The summed E-state index contributed by atoms with van der Waals surface area (Å²) in [4.78, 5) is 12.4. The van der Waals surface area contributed by atoms with Crippen molar-refractivity contribution in [2.75, 3.05) is 6.61 Å². The van der Waals surface area contributed by atoms with Gasteiger partial charge in [-0.3, -0.25) is 4.79 Å². The van der Waals surface area contributed by atoms with Gasteiger partial charge in [-0.1, -0.05) is 25.7 Å². The predicted octanol–water partition coefficient (Wildman–Crippen LogP) is 1.58. The molecular formula is C15H26N2O2. The van der Waals surface area contributed by atoms with Gasteiger partial charge in [0.25, 0.3) is 0 Å². The van der Waals surface area contributed by atoms with Gasteiger partial charge in [-0.25, -0.2) is 0 Å². The number of carbonyl (C=O) groups excluding carboxylic acids is 1. The first-order chi connectivity index (χ1) is 9.27. The highest BCUT2D eigenvalue weighted by Gasteiger charge is 2.51. The molecule has 2 aliphatic carbocycles. The van der Waals surface area contributed by atoms with Crippen LogP contribution >= 0.6 is 0 Å². The minimum atomic E-state index is 0.0565. The van der Waals surface area contributed by atoms with E-state index >= 15 is 0 Å². The molecule has 1 amide bonds. The number of rotatable bonds is 2. The SMILES string of the molecule is NC1C2CCCOC2C1NC(=O)C1CCCCCC1. The van der Waals surface area contributed by atoms with E-state index in [9.17, 15) is 4.79 Å². The summed E-state index contributed by atoms with van der Waals surface area (Å²) in [6.45, 7) is 0.823. The van der Waals surface area contributed by atoms with Crippen LogP contribution in [0.1, 0.15) is 51.4 Å². The molecule has 0 radical (unpaired) electrons. The lowest BCUT2D eigenvalue weighted by Crippen LogP contribution is -2.72. The van der Waals surface area contributed by atoms with Crippen LogP contribution in [0.3, 0.4) is 0 Å². The molecule has 0 aromatic heterocycles. The van der Waals surface area contributed by atoms with Crippen molar-refractivity contribution in [1.82, 2.24) is 5.32 Å². The molecule has 0 aromatic carbocycles. The van der Waals surface area contributed by atoms with Crippen molar-refractivity contribution in [3.8, 4) is 0 Å². The van der Waals surface area contributed by atoms with Crippen molar-refractivity contribution < 1.29 is 9.53 Å². The zero-order valence-corrected chi connectivity index (χ0v) is 11.6. The fourth-order valence-electron chi connectivity index (χ4n) is 3.95. The van der Waals surface area contributed by atoms with Crippen molar-refractivity contribution in [2.45, 2.75) is 69.6 Å². The van der Waals surface area contributed by atoms with E-state index in [0.717, 1.165) is 32.3 Å². The lowest BCUT2D eigenvalue weighted by Gasteiger charge is -2.52. The third-order valence-electron chi connectivity index (χ3n) is 5.21. The molecule has 1 heterocycles. The summed E-state index contributed by atoms with van der Waals surface area (Å²) in [6, 6.07) is 0.154. The third kappa shape index (κ3) is 2.65. The Morgan fingerprint density at radius 1 is 1.05 bits per heavy atom. The monoisotopic (exact) mass is 266 g/mol. The Hall–Kier alpha value is -0.610. The van der Waals surface area contributed by atoms with Gasteiger partial charge in [0.2, 0.25) is 5.91 Å². The number of nitrogens with one attached hydrogen (secondary N) is 1. The maximum absolute atomic E-state index is 12.4. The Morgan fingerprint density at radius 3 is 2.53 bits per heavy atom. The number of nitrogens with two attached hydrogens (primary N) is 1. The lowest BCUT2D eigenvalue weighted by atomic mass is 9.68. The molecule has 3 aliphatic rings. The molecule has 4 unspecified atom stereocenters. The van der Waals surface area contributed by atoms with Crippen molar-refractivity contribution in [3.63, 3.8) is 0 Å². The Bertz CT molecular complexity index is 326. The van der Waals surface area contributed by atoms with Gasteiger partial charge < -0.3 is 15.8 Å². The molecule has 4 atom stereocenters. The van der Waals surface area contributed by atoms with Gasteiger partial charge in [-0.2, -0.15) is 0 Å². The quantitative estimate of drug-likeness (QED) is 0.746. The minimum absolute atomic E-state index is 0.0565. The van der Waals surface area contributed by atoms with Crippen molar-refractivity contribution in [3.05, 3.63) is 0 Å². The Morgan fingerprint density at radius 2 is 1.79 bits per heavy atom. The second kappa shape index (κ2) is 5.80. The summed E-state index contributed by atoms with van der Waals surface area (Å²) in [7, 11) is 0. The summed E-state index contributed by atoms with van der Waals surface area (Å²) in [6.07, 6.45) is 9.47. The summed E-state index contributed by atoms with van der Waals surface area (Å²) < 4.78 is 5.78. The summed E-state index contributed by atoms with van der Waals surface area (Å²) in [5.74, 6) is 0.889. The summed E-state index contributed by atoms with van der Waals surface area (Å²) >= 11 is 0. The van der Waals surface area contributed by atoms with Crippen LogP contribution in [-0.4, -0.2) is 30.7 Å². The zero-order chi connectivity index (χ0) is 13.2. The van der Waals surface area contributed by atoms with E-state index in [0.29, 0.717) is 5.92 Å². The Labute approximate surface area is 115 Å². The molecule has 0 aromatic rings. The van der Waals surface area contributed by atoms with Crippen molar-refractivity contribution >= 4 is 5.91 Å². The largest absolute Gasteiger partial charge is 0.376 e. The van der Waals surface area contributed by atoms with Gasteiger partial charge in [-0.05, 0) is 25.7 Å². The first kappa shape index (κ1) is 13.4. The van der Waals surface area contributed by atoms with Crippen LogP contribution in [0.5, 0.6) is 0 Å². The van der Waals surface area contributed by atoms with Gasteiger partial charge in [0.1, 0.15) is 0 Å². The maximum atomic E-state index is 12.4. The number of fused-ring (bicyclic) bond motifs is 1. The highest BCUT2D eigenvalue weighted by molar-refractivity contribution is 5.79. The van der Waals surface area contributed by atoms with Crippen molar-refractivity contribution in [1.29, 1.82) is 0 Å². The van der Waals surface area contributed by atoms with E-state index in [2.05, 4.69) is 5.32 Å². The first-order valence-electron chi connectivity index (χ1n) is 7.95. The molecule has 3 N–H and O–H groups in total. The van der Waals surface area contributed by atoms with E-state index in [1.807, 2.05) is 0 Å². The van der Waals surface area contributed by atoms with Gasteiger partial charge in [0.15, 0.2) is 0 Å². The zero-order valence-electron chi connectivity index (χ0n) is 11.6.